The van der Waals surface area contributed by atoms with E-state index in [9.17, 15) is 18.0 Å². The number of halogens is 3. The molecule has 0 spiro atoms. The van der Waals surface area contributed by atoms with Crippen molar-refractivity contribution in [3.05, 3.63) is 35.7 Å². The van der Waals surface area contributed by atoms with Crippen molar-refractivity contribution in [3.8, 4) is 0 Å². The third kappa shape index (κ3) is 10.1. The molecule has 2 heterocycles. The lowest BCUT2D eigenvalue weighted by Crippen LogP contribution is -2.42. The van der Waals surface area contributed by atoms with Crippen molar-refractivity contribution >= 4 is 33.3 Å². The predicted molar refractivity (Wildman–Crippen MR) is 164 cm³/mol. The lowest BCUT2D eigenvalue weighted by molar-refractivity contribution is -0.141. The Morgan fingerprint density at radius 3 is 2.50 bits per heavy atom. The van der Waals surface area contributed by atoms with Crippen LogP contribution >= 0.6 is 10.0 Å². The Hall–Kier alpha value is -2.44. The van der Waals surface area contributed by atoms with Gasteiger partial charge in [-0.1, -0.05) is 26.8 Å². The van der Waals surface area contributed by atoms with E-state index in [4.69, 9.17) is 14.2 Å². The Kier molecular flexibility index (Phi) is 12.0. The zero-order valence-corrected chi connectivity index (χ0v) is 26.7. The van der Waals surface area contributed by atoms with Gasteiger partial charge in [0, 0.05) is 37.8 Å². The van der Waals surface area contributed by atoms with Crippen LogP contribution in [-0.2, 0) is 31.9 Å². The highest BCUT2D eigenvalue weighted by atomic mass is 32.3. The monoisotopic (exact) mass is 616 g/mol. The molecule has 8 nitrogen and oxygen atoms in total. The molecule has 0 radical (unpaired) electrons. The molecule has 0 amide bonds. The number of nitrogens with one attached hydrogen (secondary N) is 1. The van der Waals surface area contributed by atoms with E-state index in [2.05, 4.69) is 47.8 Å². The molecule has 238 valence electrons. The molecule has 1 saturated heterocycles. The van der Waals surface area contributed by atoms with Gasteiger partial charge in [0.25, 0.3) is 0 Å². The van der Waals surface area contributed by atoms with Crippen LogP contribution in [0.15, 0.2) is 24.4 Å². The van der Waals surface area contributed by atoms with Crippen molar-refractivity contribution in [1.82, 2.24) is 9.55 Å². The zero-order chi connectivity index (χ0) is 31.1. The van der Waals surface area contributed by atoms with Gasteiger partial charge in [-0.2, -0.15) is 13.2 Å². The summed E-state index contributed by atoms with van der Waals surface area (Å²) in [6, 6.07) is 6.09. The number of carbonyl (C=O) groups is 1. The van der Waals surface area contributed by atoms with E-state index < -0.39 is 21.9 Å². The van der Waals surface area contributed by atoms with Crippen molar-refractivity contribution < 1.29 is 32.2 Å². The third-order valence-corrected chi connectivity index (χ3v) is 8.57. The van der Waals surface area contributed by atoms with Gasteiger partial charge in [-0.25, -0.2) is 15.0 Å². The molecule has 12 heteroatoms. The number of nitrogens with zero attached hydrogens (tertiary/aromatic N) is 3. The van der Waals surface area contributed by atoms with Crippen LogP contribution in [0, 0.1) is 5.92 Å². The van der Waals surface area contributed by atoms with Gasteiger partial charge < -0.3 is 24.4 Å². The number of carbonyl (C=O) groups excluding carboxylic acids is 1. The summed E-state index contributed by atoms with van der Waals surface area (Å²) in [7, 11) is 0.545. The fourth-order valence-electron chi connectivity index (χ4n) is 4.84. The molecule has 0 unspecified atom stereocenters. The minimum Gasteiger partial charge on any atom is -0.469 e. The molecule has 2 aromatic rings. The van der Waals surface area contributed by atoms with Crippen LogP contribution in [0.4, 0.5) is 30.5 Å². The van der Waals surface area contributed by atoms with Gasteiger partial charge in [-0.05, 0) is 61.1 Å². The summed E-state index contributed by atoms with van der Waals surface area (Å²) in [5, 5.41) is 3.23. The average molecular weight is 617 g/mol. The van der Waals surface area contributed by atoms with Gasteiger partial charge >= 0.3 is 12.1 Å². The maximum absolute atomic E-state index is 13.8. The van der Waals surface area contributed by atoms with Crippen molar-refractivity contribution in [1.29, 1.82) is 0 Å². The van der Waals surface area contributed by atoms with Crippen molar-refractivity contribution in [3.63, 3.8) is 0 Å². The zero-order valence-electron chi connectivity index (χ0n) is 25.9. The van der Waals surface area contributed by atoms with Gasteiger partial charge in [0.1, 0.15) is 6.73 Å². The first-order valence-corrected chi connectivity index (χ1v) is 17.4. The van der Waals surface area contributed by atoms with Crippen molar-refractivity contribution in [2.75, 3.05) is 68.2 Å². The summed E-state index contributed by atoms with van der Waals surface area (Å²) >= 11 is 0. The van der Waals surface area contributed by atoms with Crippen LogP contribution in [0.3, 0.4) is 0 Å². The fourth-order valence-corrected chi connectivity index (χ4v) is 5.46. The highest BCUT2D eigenvalue weighted by Gasteiger charge is 2.35. The predicted octanol–water partition coefficient (Wildman–Crippen LogP) is 6.62. The summed E-state index contributed by atoms with van der Waals surface area (Å²) in [4.78, 5) is 18.3. The standard InChI is InChI=1S/C30H47F3N4O4S/c1-21(2)18-37(24-10-12-40-13-11-24)26-9-8-23(22(3)16-28(38)39-4)17-25(26)34-29-35-27(30(31,32)33)19-36(29)20-41-14-15-42(5,6)7/h8-9,17,19,21-22,24H,10-16,18,20H2,1-7H3,(H,34,35)/t22-/m1/s1. The van der Waals surface area contributed by atoms with Gasteiger partial charge in [0.15, 0.2) is 5.69 Å². The van der Waals surface area contributed by atoms with E-state index in [0.29, 0.717) is 31.4 Å². The maximum atomic E-state index is 13.8. The molecule has 1 aliphatic heterocycles. The molecule has 1 aliphatic rings. The molecule has 0 bridgehead atoms. The van der Waals surface area contributed by atoms with E-state index in [1.165, 1.54) is 11.7 Å². The molecule has 1 N–H and O–H groups in total. The number of rotatable bonds is 14. The summed E-state index contributed by atoms with van der Waals surface area (Å²) in [6.07, 6.45) is 4.76. The highest BCUT2D eigenvalue weighted by molar-refractivity contribution is 8.32. The summed E-state index contributed by atoms with van der Waals surface area (Å²) < 4.78 is 59.0. The summed E-state index contributed by atoms with van der Waals surface area (Å²) in [5.74, 6) is 0.735. The molecule has 1 aromatic carbocycles. The quantitative estimate of drug-likeness (QED) is 0.189. The van der Waals surface area contributed by atoms with Crippen LogP contribution < -0.4 is 10.2 Å². The van der Waals surface area contributed by atoms with Gasteiger partial charge in [0.05, 0.1) is 31.5 Å². The minimum absolute atomic E-state index is 0.0425. The number of hydrogen-bond donors (Lipinski definition) is 1. The Bertz CT molecular complexity index is 1160. The molecule has 0 saturated carbocycles. The molecule has 1 fully saturated rings. The van der Waals surface area contributed by atoms with Crippen LogP contribution in [0.1, 0.15) is 57.2 Å². The van der Waals surface area contributed by atoms with Gasteiger partial charge in [-0.3, -0.25) is 9.36 Å². The Morgan fingerprint density at radius 2 is 1.90 bits per heavy atom. The normalized spacial score (nSPS) is 16.0. The van der Waals surface area contributed by atoms with Crippen molar-refractivity contribution in [2.45, 2.75) is 64.9 Å². The Labute approximate surface area is 249 Å². The first-order valence-electron chi connectivity index (χ1n) is 14.4. The van der Waals surface area contributed by atoms with Gasteiger partial charge in [0.2, 0.25) is 5.95 Å². The van der Waals surface area contributed by atoms with Crippen LogP contribution in [0.2, 0.25) is 0 Å². The maximum Gasteiger partial charge on any atom is 0.434 e. The topological polar surface area (TPSA) is 77.9 Å². The third-order valence-electron chi connectivity index (χ3n) is 7.18. The molecule has 1 atom stereocenters. The number of anilines is 3. The fraction of sp³-hybridized carbons (Fsp3) is 0.667. The number of alkyl halides is 3. The summed E-state index contributed by atoms with van der Waals surface area (Å²) in [5.41, 5.74) is 1.36. The molecule has 0 aliphatic carbocycles. The molecular weight excluding hydrogens is 569 g/mol. The second kappa shape index (κ2) is 14.8. The smallest absolute Gasteiger partial charge is 0.434 e. The second-order valence-electron chi connectivity index (χ2n) is 12.2. The average Bonchev–Trinajstić information content (AvgIpc) is 3.32. The van der Waals surface area contributed by atoms with E-state index in [1.807, 2.05) is 25.1 Å². The highest BCUT2D eigenvalue weighted by Crippen LogP contribution is 2.38. The molecule has 1 aromatic heterocycles. The first-order chi connectivity index (χ1) is 19.7. The number of hydrogen-bond acceptors (Lipinski definition) is 7. The van der Waals surface area contributed by atoms with E-state index in [0.717, 1.165) is 42.6 Å². The van der Waals surface area contributed by atoms with Gasteiger partial charge in [-0.15, -0.1) is 0 Å². The van der Waals surface area contributed by atoms with E-state index >= 15 is 0 Å². The lowest BCUT2D eigenvalue weighted by Gasteiger charge is -2.38. The molecule has 42 heavy (non-hydrogen) atoms. The first kappa shape index (κ1) is 34.1. The SMILES string of the molecule is COC(=O)C[C@@H](C)c1ccc(N(CC(C)C)C2CCOCC2)c(Nc2nc(C(F)(F)F)cn2COCCS(C)(C)C)c1. The van der Waals surface area contributed by atoms with Crippen LogP contribution in [0.5, 0.6) is 0 Å². The number of esters is 1. The number of methoxy groups -OCH3 is 1. The largest absolute Gasteiger partial charge is 0.469 e. The van der Waals surface area contributed by atoms with Crippen molar-refractivity contribution in [2.24, 2.45) is 5.92 Å². The van der Waals surface area contributed by atoms with Crippen LogP contribution in [0.25, 0.3) is 0 Å². The Balaban J connectivity index is 2.04. The number of ether oxygens (including phenoxy) is 3. The van der Waals surface area contributed by atoms with E-state index in [1.54, 1.807) is 0 Å². The minimum atomic E-state index is -4.61. The van der Waals surface area contributed by atoms with E-state index in [-0.39, 0.29) is 37.0 Å². The number of imidazole rings is 1. The number of aromatic nitrogens is 2. The Morgan fingerprint density at radius 1 is 1.21 bits per heavy atom. The molecule has 3 rings (SSSR count). The lowest BCUT2D eigenvalue weighted by atomic mass is 9.95. The van der Waals surface area contributed by atoms with Crippen LogP contribution in [-0.4, -0.2) is 79.6 Å². The number of benzene rings is 1. The molecular formula is C30H47F3N4O4S. The summed E-state index contributed by atoms with van der Waals surface area (Å²) in [6.45, 7) is 8.66. The second-order valence-corrected chi connectivity index (χ2v) is 16.8.